The summed E-state index contributed by atoms with van der Waals surface area (Å²) in [4.78, 5) is 23.0. The molecule has 2 amide bonds. The Morgan fingerprint density at radius 1 is 1.35 bits per heavy atom. The van der Waals surface area contributed by atoms with E-state index in [2.05, 4.69) is 10.6 Å². The van der Waals surface area contributed by atoms with Crippen LogP contribution in [0.2, 0.25) is 0 Å². The first-order valence-electron chi connectivity index (χ1n) is 5.74. The van der Waals surface area contributed by atoms with Gasteiger partial charge in [-0.3, -0.25) is 9.59 Å². The molecule has 0 aromatic rings. The quantitative estimate of drug-likeness (QED) is 0.653. The lowest BCUT2D eigenvalue weighted by Gasteiger charge is -2.22. The zero-order valence-corrected chi connectivity index (χ0v) is 10.3. The lowest BCUT2D eigenvalue weighted by Crippen LogP contribution is -2.44. The van der Waals surface area contributed by atoms with Crippen LogP contribution in [0.25, 0.3) is 0 Å². The molecule has 2 N–H and O–H groups in total. The molecular formula is C10H16N2O4S. The highest BCUT2D eigenvalue weighted by atomic mass is 32.2. The van der Waals surface area contributed by atoms with E-state index < -0.39 is 9.84 Å². The highest BCUT2D eigenvalue weighted by Crippen LogP contribution is 2.16. The van der Waals surface area contributed by atoms with Gasteiger partial charge in [-0.15, -0.1) is 0 Å². The van der Waals surface area contributed by atoms with Crippen LogP contribution < -0.4 is 10.6 Å². The maximum absolute atomic E-state index is 11.8. The number of sulfone groups is 1. The Morgan fingerprint density at radius 2 is 2.12 bits per heavy atom. The van der Waals surface area contributed by atoms with Crippen LogP contribution in [0.5, 0.6) is 0 Å². The fraction of sp³-hybridized carbons (Fsp3) is 0.800. The van der Waals surface area contributed by atoms with Crippen molar-refractivity contribution in [3.05, 3.63) is 0 Å². The van der Waals surface area contributed by atoms with Crippen LogP contribution in [0.4, 0.5) is 0 Å². The summed E-state index contributed by atoms with van der Waals surface area (Å²) in [5.74, 6) is -0.453. The highest BCUT2D eigenvalue weighted by Gasteiger charge is 2.32. The van der Waals surface area contributed by atoms with Crippen molar-refractivity contribution in [3.63, 3.8) is 0 Å². The second kappa shape index (κ2) is 4.64. The lowest BCUT2D eigenvalue weighted by molar-refractivity contribution is -0.132. The molecule has 2 heterocycles. The van der Waals surface area contributed by atoms with Crippen molar-refractivity contribution < 1.29 is 18.0 Å². The molecule has 2 aliphatic heterocycles. The highest BCUT2D eigenvalue weighted by molar-refractivity contribution is 7.91. The minimum absolute atomic E-state index is 0.0255. The Morgan fingerprint density at radius 3 is 2.71 bits per heavy atom. The van der Waals surface area contributed by atoms with Gasteiger partial charge in [-0.05, 0) is 12.8 Å². The SMILES string of the molecule is O=C1CC(C(=O)NC2CCS(=O)(=O)C2)CCN1. The molecule has 0 aromatic carbocycles. The van der Waals surface area contributed by atoms with E-state index in [0.717, 1.165) is 0 Å². The van der Waals surface area contributed by atoms with Gasteiger partial charge in [-0.1, -0.05) is 0 Å². The molecule has 2 rings (SSSR count). The second-order valence-corrected chi connectivity index (χ2v) is 6.88. The molecule has 2 unspecified atom stereocenters. The van der Waals surface area contributed by atoms with Crippen molar-refractivity contribution in [1.82, 2.24) is 10.6 Å². The molecule has 2 atom stereocenters. The van der Waals surface area contributed by atoms with E-state index in [1.54, 1.807) is 0 Å². The summed E-state index contributed by atoms with van der Waals surface area (Å²) in [5.41, 5.74) is 0. The fourth-order valence-electron chi connectivity index (χ4n) is 2.24. The summed E-state index contributed by atoms with van der Waals surface area (Å²) in [5, 5.41) is 5.39. The van der Waals surface area contributed by atoms with E-state index in [-0.39, 0.29) is 41.7 Å². The minimum Gasteiger partial charge on any atom is -0.356 e. The van der Waals surface area contributed by atoms with E-state index >= 15 is 0 Å². The Bertz CT molecular complexity index is 432. The number of rotatable bonds is 2. The van der Waals surface area contributed by atoms with Gasteiger partial charge in [0.15, 0.2) is 9.84 Å². The third-order valence-corrected chi connectivity index (χ3v) is 4.96. The smallest absolute Gasteiger partial charge is 0.223 e. The van der Waals surface area contributed by atoms with Crippen molar-refractivity contribution in [1.29, 1.82) is 0 Å². The van der Waals surface area contributed by atoms with Gasteiger partial charge in [0.05, 0.1) is 11.5 Å². The molecule has 6 nitrogen and oxygen atoms in total. The summed E-state index contributed by atoms with van der Waals surface area (Å²) >= 11 is 0. The number of nitrogens with one attached hydrogen (secondary N) is 2. The maximum Gasteiger partial charge on any atom is 0.223 e. The molecule has 0 radical (unpaired) electrons. The van der Waals surface area contributed by atoms with Crippen molar-refractivity contribution in [3.8, 4) is 0 Å². The first-order chi connectivity index (χ1) is 7.96. The topological polar surface area (TPSA) is 92.3 Å². The van der Waals surface area contributed by atoms with Crippen molar-refractivity contribution >= 4 is 21.7 Å². The molecule has 0 saturated carbocycles. The van der Waals surface area contributed by atoms with Crippen LogP contribution >= 0.6 is 0 Å². The summed E-state index contributed by atoms with van der Waals surface area (Å²) in [6.45, 7) is 0.514. The zero-order valence-electron chi connectivity index (χ0n) is 9.44. The fourth-order valence-corrected chi connectivity index (χ4v) is 3.91. The Kier molecular flexibility index (Phi) is 3.37. The Hall–Kier alpha value is -1.11. The Labute approximate surface area is 100 Å². The van der Waals surface area contributed by atoms with Gasteiger partial charge in [0, 0.05) is 24.9 Å². The van der Waals surface area contributed by atoms with Crippen LogP contribution in [0.3, 0.4) is 0 Å². The predicted octanol–water partition coefficient (Wildman–Crippen LogP) is -1.18. The van der Waals surface area contributed by atoms with Crippen LogP contribution in [0.1, 0.15) is 19.3 Å². The van der Waals surface area contributed by atoms with E-state index in [9.17, 15) is 18.0 Å². The maximum atomic E-state index is 11.8. The molecule has 2 saturated heterocycles. The van der Waals surface area contributed by atoms with Gasteiger partial charge < -0.3 is 10.6 Å². The molecule has 17 heavy (non-hydrogen) atoms. The molecule has 0 bridgehead atoms. The predicted molar refractivity (Wildman–Crippen MR) is 60.9 cm³/mol. The van der Waals surface area contributed by atoms with Crippen molar-refractivity contribution in [2.24, 2.45) is 5.92 Å². The van der Waals surface area contributed by atoms with Crippen LogP contribution in [0, 0.1) is 5.92 Å². The summed E-state index contributed by atoms with van der Waals surface area (Å²) in [6.07, 6.45) is 1.30. The number of piperidine rings is 1. The van der Waals surface area contributed by atoms with Gasteiger partial charge in [0.2, 0.25) is 11.8 Å². The summed E-state index contributed by atoms with van der Waals surface area (Å²) in [7, 11) is -2.98. The van der Waals surface area contributed by atoms with E-state index in [4.69, 9.17) is 0 Å². The minimum atomic E-state index is -2.98. The molecule has 0 aliphatic carbocycles. The number of amides is 2. The van der Waals surface area contributed by atoms with Gasteiger partial charge in [0.1, 0.15) is 0 Å². The standard InChI is InChI=1S/C10H16N2O4S/c13-9-5-7(1-3-11-9)10(14)12-8-2-4-17(15,16)6-8/h7-8H,1-6H2,(H,11,13)(H,12,14). The molecule has 7 heteroatoms. The van der Waals surface area contributed by atoms with Crippen LogP contribution in [-0.4, -0.2) is 44.3 Å². The first kappa shape index (κ1) is 12.3. The molecule has 0 aromatic heterocycles. The lowest BCUT2D eigenvalue weighted by atomic mass is 9.96. The molecule has 0 spiro atoms. The van der Waals surface area contributed by atoms with E-state index in [1.165, 1.54) is 0 Å². The number of carbonyl (C=O) groups excluding carboxylic acids is 2. The number of hydrogen-bond acceptors (Lipinski definition) is 4. The van der Waals surface area contributed by atoms with E-state index in [1.807, 2.05) is 0 Å². The summed E-state index contributed by atoms with van der Waals surface area (Å²) in [6, 6.07) is -0.280. The zero-order chi connectivity index (χ0) is 12.5. The van der Waals surface area contributed by atoms with Gasteiger partial charge >= 0.3 is 0 Å². The third kappa shape index (κ3) is 3.18. The molecule has 2 fully saturated rings. The number of hydrogen-bond donors (Lipinski definition) is 2. The molecule has 2 aliphatic rings. The summed E-state index contributed by atoms with van der Waals surface area (Å²) < 4.78 is 22.5. The normalized spacial score (nSPS) is 31.9. The average Bonchev–Trinajstić information content (AvgIpc) is 2.58. The molecular weight excluding hydrogens is 244 g/mol. The van der Waals surface area contributed by atoms with Crippen molar-refractivity contribution in [2.75, 3.05) is 18.1 Å². The monoisotopic (exact) mass is 260 g/mol. The van der Waals surface area contributed by atoms with Gasteiger partial charge in [-0.25, -0.2) is 8.42 Å². The van der Waals surface area contributed by atoms with Gasteiger partial charge in [0.25, 0.3) is 0 Å². The van der Waals surface area contributed by atoms with Gasteiger partial charge in [-0.2, -0.15) is 0 Å². The van der Waals surface area contributed by atoms with Crippen LogP contribution in [-0.2, 0) is 19.4 Å². The van der Waals surface area contributed by atoms with Crippen molar-refractivity contribution in [2.45, 2.75) is 25.3 Å². The Balaban J connectivity index is 1.87. The largest absolute Gasteiger partial charge is 0.356 e. The second-order valence-electron chi connectivity index (χ2n) is 4.65. The average molecular weight is 260 g/mol. The third-order valence-electron chi connectivity index (χ3n) is 3.20. The first-order valence-corrected chi connectivity index (χ1v) is 7.56. The number of carbonyl (C=O) groups is 2. The van der Waals surface area contributed by atoms with E-state index in [0.29, 0.717) is 19.4 Å². The van der Waals surface area contributed by atoms with Crippen LogP contribution in [0.15, 0.2) is 0 Å². The molecule has 96 valence electrons.